The lowest BCUT2D eigenvalue weighted by Gasteiger charge is -2.28. The molecule has 1 aliphatic heterocycles. The van der Waals surface area contributed by atoms with E-state index in [1.165, 1.54) is 0 Å². The molecular formula is C25H39N5O3S. The summed E-state index contributed by atoms with van der Waals surface area (Å²) in [5, 5.41) is 21.0. The Balaban J connectivity index is 1.52. The lowest BCUT2D eigenvalue weighted by atomic mass is 9.79. The van der Waals surface area contributed by atoms with Crippen molar-refractivity contribution >= 4 is 23.6 Å². The summed E-state index contributed by atoms with van der Waals surface area (Å²) in [6, 6.07) is 4.15. The average Bonchev–Trinajstić information content (AvgIpc) is 3.19. The highest BCUT2D eigenvalue weighted by Crippen LogP contribution is 2.41. The van der Waals surface area contributed by atoms with Gasteiger partial charge in [0.2, 0.25) is 5.27 Å². The zero-order chi connectivity index (χ0) is 25.1. The maximum Gasteiger partial charge on any atom is 0.257 e. The van der Waals surface area contributed by atoms with Gasteiger partial charge in [0.15, 0.2) is 0 Å². The maximum absolute atomic E-state index is 12.3. The second kappa shape index (κ2) is 10.6. The minimum atomic E-state index is -0.209. The fraction of sp³-hybridized carbons (Fsp3) is 0.640. The van der Waals surface area contributed by atoms with Crippen LogP contribution in [0.1, 0.15) is 65.5 Å². The summed E-state index contributed by atoms with van der Waals surface area (Å²) in [5.41, 5.74) is 1.58. The van der Waals surface area contributed by atoms with Gasteiger partial charge in [-0.15, -0.1) is 11.8 Å². The van der Waals surface area contributed by atoms with Crippen molar-refractivity contribution in [1.29, 1.82) is 0 Å². The fourth-order valence-electron chi connectivity index (χ4n) is 3.84. The van der Waals surface area contributed by atoms with Gasteiger partial charge in [-0.25, -0.2) is 0 Å². The number of carbonyl (C=O) groups is 1. The number of phenolic OH excluding ortho intramolecular Hbond substituents is 1. The molecule has 2 aromatic rings. The highest BCUT2D eigenvalue weighted by atomic mass is 32.2. The first-order valence-corrected chi connectivity index (χ1v) is 12.9. The molecule has 1 saturated heterocycles. The van der Waals surface area contributed by atoms with E-state index in [1.54, 1.807) is 22.7 Å². The lowest BCUT2D eigenvalue weighted by Crippen LogP contribution is -2.64. The van der Waals surface area contributed by atoms with E-state index >= 15 is 0 Å². The van der Waals surface area contributed by atoms with Crippen molar-refractivity contribution in [2.75, 3.05) is 44.0 Å². The lowest BCUT2D eigenvalue weighted by molar-refractivity contribution is -0.759. The Bertz CT molecular complexity index is 950. The smallest absolute Gasteiger partial charge is 0.257 e. The molecule has 0 radical (unpaired) electrons. The van der Waals surface area contributed by atoms with Crippen LogP contribution in [0.5, 0.6) is 5.75 Å². The van der Waals surface area contributed by atoms with Crippen LogP contribution in [-0.2, 0) is 15.6 Å². The molecule has 2 heterocycles. The van der Waals surface area contributed by atoms with Crippen molar-refractivity contribution in [3.8, 4) is 5.75 Å². The third-order valence-electron chi connectivity index (χ3n) is 5.95. The summed E-state index contributed by atoms with van der Waals surface area (Å²) in [5.74, 6) is 1.20. The van der Waals surface area contributed by atoms with Gasteiger partial charge in [-0.2, -0.15) is 5.01 Å². The van der Waals surface area contributed by atoms with Gasteiger partial charge < -0.3 is 24.6 Å². The minimum Gasteiger partial charge on any atom is -0.588 e. The number of aromatic nitrogens is 2. The molecule has 1 aromatic heterocycles. The molecule has 1 N–H and O–H groups in total. The van der Waals surface area contributed by atoms with Gasteiger partial charge in [0.05, 0.1) is 23.8 Å². The number of amides is 1. The van der Waals surface area contributed by atoms with Gasteiger partial charge in [-0.05, 0) is 48.6 Å². The fourth-order valence-corrected chi connectivity index (χ4v) is 4.77. The van der Waals surface area contributed by atoms with E-state index in [0.29, 0.717) is 18.6 Å². The normalized spacial score (nSPS) is 15.6. The predicted octanol–water partition coefficient (Wildman–Crippen LogP) is 4.25. The van der Waals surface area contributed by atoms with Crippen molar-refractivity contribution < 1.29 is 19.2 Å². The zero-order valence-corrected chi connectivity index (χ0v) is 22.4. The molecule has 0 atom stereocenters. The van der Waals surface area contributed by atoms with Gasteiger partial charge in [0.25, 0.3) is 6.20 Å². The summed E-state index contributed by atoms with van der Waals surface area (Å²) in [4.78, 5) is 17.4. The SMILES string of the molecule is CN1CCN([n+]2cc([N-]C(=O)CCCSc3cc(C(C)(C)C)c(O)c(C(C)(C)C)c3)on2)CC1. The Morgan fingerprint density at radius 2 is 1.71 bits per heavy atom. The van der Waals surface area contributed by atoms with Crippen LogP contribution < -0.4 is 9.80 Å². The van der Waals surface area contributed by atoms with Crippen molar-refractivity contribution in [2.24, 2.45) is 0 Å². The third-order valence-corrected chi connectivity index (χ3v) is 7.01. The summed E-state index contributed by atoms with van der Waals surface area (Å²) in [6.45, 7) is 16.3. The molecule has 0 spiro atoms. The van der Waals surface area contributed by atoms with Crippen LogP contribution in [0.2, 0.25) is 0 Å². The number of nitrogens with zero attached hydrogens (tertiary/aromatic N) is 5. The van der Waals surface area contributed by atoms with E-state index < -0.39 is 0 Å². The second-order valence-corrected chi connectivity index (χ2v) is 12.2. The molecule has 1 aromatic carbocycles. The molecule has 188 valence electrons. The first-order chi connectivity index (χ1) is 15.8. The molecule has 1 fully saturated rings. The standard InChI is InChI=1S/C25H39N5O3S/c1-24(2,3)19-15-18(16-20(23(19)32)25(4,5)6)34-14-8-9-21(31)26-22-17-30(27-33-22)29-12-10-28(7)11-13-29/h15-17H,8-14H2,1-7H3,(H-,26,27,31,32). The van der Waals surface area contributed by atoms with Crippen LogP contribution >= 0.6 is 11.8 Å². The van der Waals surface area contributed by atoms with E-state index in [2.05, 4.69) is 81.2 Å². The van der Waals surface area contributed by atoms with Crippen LogP contribution in [0, 0.1) is 0 Å². The molecule has 34 heavy (non-hydrogen) atoms. The molecule has 8 nitrogen and oxygen atoms in total. The Morgan fingerprint density at radius 3 is 2.26 bits per heavy atom. The summed E-state index contributed by atoms with van der Waals surface area (Å²) in [7, 11) is 2.09. The van der Waals surface area contributed by atoms with Crippen molar-refractivity contribution in [3.63, 3.8) is 0 Å². The second-order valence-electron chi connectivity index (χ2n) is 11.0. The molecule has 0 aliphatic carbocycles. The first kappa shape index (κ1) is 26.3. The molecular weight excluding hydrogens is 450 g/mol. The minimum absolute atomic E-state index is 0.159. The van der Waals surface area contributed by atoms with Gasteiger partial charge >= 0.3 is 0 Å². The number of piperazine rings is 1. The number of hydrogen-bond acceptors (Lipinski definition) is 7. The Morgan fingerprint density at radius 1 is 1.12 bits per heavy atom. The van der Waals surface area contributed by atoms with Crippen molar-refractivity contribution in [2.45, 2.75) is 70.1 Å². The molecule has 1 amide bonds. The Kier molecular flexibility index (Phi) is 8.18. The van der Waals surface area contributed by atoms with Crippen LogP contribution in [-0.4, -0.2) is 60.2 Å². The molecule has 1 aliphatic rings. The number of likely N-dealkylation sites (N-methyl/N-ethyl adjacent to an activating group) is 1. The zero-order valence-electron chi connectivity index (χ0n) is 21.6. The van der Waals surface area contributed by atoms with Crippen LogP contribution in [0.3, 0.4) is 0 Å². The van der Waals surface area contributed by atoms with Crippen molar-refractivity contribution in [1.82, 2.24) is 10.2 Å². The highest BCUT2D eigenvalue weighted by Gasteiger charge is 2.27. The van der Waals surface area contributed by atoms with Crippen LogP contribution in [0.15, 0.2) is 27.7 Å². The van der Waals surface area contributed by atoms with E-state index in [0.717, 1.165) is 48.0 Å². The van der Waals surface area contributed by atoms with Gasteiger partial charge in [0, 0.05) is 29.1 Å². The molecule has 9 heteroatoms. The van der Waals surface area contributed by atoms with Gasteiger partial charge in [-0.1, -0.05) is 41.5 Å². The molecule has 3 rings (SSSR count). The summed E-state index contributed by atoms with van der Waals surface area (Å²) < 4.78 is 5.23. The quantitative estimate of drug-likeness (QED) is 0.353. The van der Waals surface area contributed by atoms with Gasteiger partial charge in [0.1, 0.15) is 11.6 Å². The summed E-state index contributed by atoms with van der Waals surface area (Å²) >= 11 is 1.71. The number of rotatable bonds is 7. The largest absolute Gasteiger partial charge is 0.588 e. The topological polar surface area (TPSA) is 87.8 Å². The first-order valence-electron chi connectivity index (χ1n) is 11.9. The van der Waals surface area contributed by atoms with E-state index in [9.17, 15) is 9.90 Å². The van der Waals surface area contributed by atoms with Crippen molar-refractivity contribution in [3.05, 3.63) is 34.8 Å². The predicted molar refractivity (Wildman–Crippen MR) is 136 cm³/mol. The average molecular weight is 490 g/mol. The summed E-state index contributed by atoms with van der Waals surface area (Å²) in [6.07, 6.45) is 2.71. The number of thioether (sulfide) groups is 1. The third kappa shape index (κ3) is 6.88. The molecule has 0 unspecified atom stereocenters. The number of benzene rings is 1. The van der Waals surface area contributed by atoms with E-state index in [1.807, 2.05) is 0 Å². The Hall–Kier alpha value is -2.26. The maximum atomic E-state index is 12.3. The van der Waals surface area contributed by atoms with E-state index in [-0.39, 0.29) is 22.6 Å². The van der Waals surface area contributed by atoms with Crippen LogP contribution in [0.4, 0.5) is 5.88 Å². The molecule has 0 saturated carbocycles. The van der Waals surface area contributed by atoms with E-state index in [4.69, 9.17) is 4.52 Å². The number of phenols is 1. The monoisotopic (exact) mass is 489 g/mol. The number of hydrogen-bond donors (Lipinski definition) is 1. The highest BCUT2D eigenvalue weighted by molar-refractivity contribution is 7.99. The molecule has 0 bridgehead atoms. The van der Waals surface area contributed by atoms with Crippen LogP contribution in [0.25, 0.3) is 5.32 Å². The Labute approximate surface area is 207 Å². The number of carbonyl (C=O) groups excluding carboxylic acids is 1. The number of aromatic hydroxyl groups is 1. The van der Waals surface area contributed by atoms with Gasteiger partial charge in [-0.3, -0.25) is 0 Å².